The van der Waals surface area contributed by atoms with E-state index in [9.17, 15) is 9.59 Å². The lowest BCUT2D eigenvalue weighted by molar-refractivity contribution is -0.154. The maximum Gasteiger partial charge on any atom is 0.347 e. The molecule has 146 valence electrons. The second-order valence-electron chi connectivity index (χ2n) is 5.66. The van der Waals surface area contributed by atoms with Crippen LogP contribution < -0.4 is 14.8 Å². The molecule has 28 heavy (non-hydrogen) atoms. The minimum absolute atomic E-state index is 0.260. The molecule has 2 rings (SSSR count). The molecule has 1 atom stereocenters. The van der Waals surface area contributed by atoms with E-state index < -0.39 is 24.6 Å². The molecule has 0 heterocycles. The minimum Gasteiger partial charge on any atom is -0.492 e. The summed E-state index contributed by atoms with van der Waals surface area (Å²) in [7, 11) is 0. The van der Waals surface area contributed by atoms with Crippen LogP contribution in [0.4, 0.5) is 0 Å². The molecular weight excluding hydrogens is 384 g/mol. The molecule has 0 aliphatic rings. The number of carbonyl (C=O) groups is 2. The molecule has 0 saturated heterocycles. The molecule has 0 radical (unpaired) electrons. The van der Waals surface area contributed by atoms with E-state index in [2.05, 4.69) is 5.32 Å². The van der Waals surface area contributed by atoms with Crippen LogP contribution >= 0.6 is 11.6 Å². The van der Waals surface area contributed by atoms with Crippen molar-refractivity contribution in [2.75, 3.05) is 19.8 Å². The first-order chi connectivity index (χ1) is 13.5. The fourth-order valence-corrected chi connectivity index (χ4v) is 2.18. The molecule has 0 bridgehead atoms. The maximum absolute atomic E-state index is 11.9. The third-order valence-electron chi connectivity index (χ3n) is 3.48. The molecule has 2 aromatic rings. The highest BCUT2D eigenvalue weighted by molar-refractivity contribution is 6.30. The lowest BCUT2D eigenvalue weighted by Crippen LogP contribution is -2.34. The van der Waals surface area contributed by atoms with Crippen molar-refractivity contribution in [2.24, 2.45) is 0 Å². The van der Waals surface area contributed by atoms with E-state index in [0.717, 1.165) is 0 Å². The average Bonchev–Trinajstić information content (AvgIpc) is 2.71. The Labute approximate surface area is 167 Å². The first kappa shape index (κ1) is 21.1. The SMILES string of the molecule is C[C@H](Oc1ccc(C#N)cc1)C(=O)OCC(=O)NCCOc1ccc(Cl)cc1. The van der Waals surface area contributed by atoms with Crippen molar-refractivity contribution in [3.05, 3.63) is 59.1 Å². The standard InChI is InChI=1S/C20H19ClN2O5/c1-14(28-18-6-2-15(12-22)3-7-18)20(25)27-13-19(24)23-10-11-26-17-8-4-16(21)5-9-17/h2-9,14H,10-11,13H2,1H3,(H,23,24)/t14-/m0/s1. The van der Waals surface area contributed by atoms with Gasteiger partial charge in [0.05, 0.1) is 18.2 Å². The van der Waals surface area contributed by atoms with Gasteiger partial charge in [-0.3, -0.25) is 4.79 Å². The number of hydrogen-bond acceptors (Lipinski definition) is 6. The summed E-state index contributed by atoms with van der Waals surface area (Å²) in [6, 6.07) is 15.2. The predicted octanol–water partition coefficient (Wildman–Crippen LogP) is 2.72. The van der Waals surface area contributed by atoms with Crippen LogP contribution in [0.25, 0.3) is 0 Å². The van der Waals surface area contributed by atoms with E-state index in [-0.39, 0.29) is 13.2 Å². The van der Waals surface area contributed by atoms with Gasteiger partial charge >= 0.3 is 5.97 Å². The van der Waals surface area contributed by atoms with Crippen LogP contribution in [-0.4, -0.2) is 37.7 Å². The lowest BCUT2D eigenvalue weighted by atomic mass is 10.2. The molecule has 1 amide bonds. The van der Waals surface area contributed by atoms with Gasteiger partial charge in [-0.2, -0.15) is 5.26 Å². The number of amides is 1. The minimum atomic E-state index is -0.894. The van der Waals surface area contributed by atoms with Crippen molar-refractivity contribution >= 4 is 23.5 Å². The first-order valence-electron chi connectivity index (χ1n) is 8.46. The Hall–Kier alpha value is -3.24. The Bertz CT molecular complexity index is 831. The van der Waals surface area contributed by atoms with Crippen LogP contribution in [0.15, 0.2) is 48.5 Å². The molecule has 0 aromatic heterocycles. The lowest BCUT2D eigenvalue weighted by Gasteiger charge is -2.14. The number of ether oxygens (including phenoxy) is 3. The highest BCUT2D eigenvalue weighted by Crippen LogP contribution is 2.15. The number of halogens is 1. The Balaban J connectivity index is 1.63. The van der Waals surface area contributed by atoms with E-state index in [1.165, 1.54) is 6.92 Å². The number of nitrogens with one attached hydrogen (secondary N) is 1. The Kier molecular flexibility index (Phi) is 8.12. The molecule has 2 aromatic carbocycles. The molecule has 0 unspecified atom stereocenters. The van der Waals surface area contributed by atoms with Gasteiger partial charge in [-0.25, -0.2) is 4.79 Å². The second kappa shape index (κ2) is 10.8. The highest BCUT2D eigenvalue weighted by atomic mass is 35.5. The van der Waals surface area contributed by atoms with E-state index in [0.29, 0.717) is 22.1 Å². The van der Waals surface area contributed by atoms with Crippen LogP contribution in [0.1, 0.15) is 12.5 Å². The average molecular weight is 403 g/mol. The summed E-state index contributed by atoms with van der Waals surface area (Å²) >= 11 is 5.78. The van der Waals surface area contributed by atoms with Gasteiger partial charge in [0.25, 0.3) is 5.91 Å². The summed E-state index contributed by atoms with van der Waals surface area (Å²) in [4.78, 5) is 23.6. The molecule has 1 N–H and O–H groups in total. The number of nitriles is 1. The van der Waals surface area contributed by atoms with Gasteiger partial charge in [-0.05, 0) is 55.5 Å². The third-order valence-corrected chi connectivity index (χ3v) is 3.73. The second-order valence-corrected chi connectivity index (χ2v) is 6.09. The predicted molar refractivity (Wildman–Crippen MR) is 102 cm³/mol. The molecule has 0 saturated carbocycles. The van der Waals surface area contributed by atoms with Gasteiger partial charge in [0.2, 0.25) is 0 Å². The topological polar surface area (TPSA) is 97.6 Å². The van der Waals surface area contributed by atoms with Gasteiger partial charge < -0.3 is 19.5 Å². The Morgan fingerprint density at radius 1 is 1.11 bits per heavy atom. The van der Waals surface area contributed by atoms with E-state index in [4.69, 9.17) is 31.1 Å². The summed E-state index contributed by atoms with van der Waals surface area (Å²) in [6.07, 6.45) is -0.894. The van der Waals surface area contributed by atoms with Gasteiger partial charge in [0, 0.05) is 5.02 Å². The van der Waals surface area contributed by atoms with Crippen LogP contribution in [0.2, 0.25) is 5.02 Å². The number of rotatable bonds is 9. The number of hydrogen-bond donors (Lipinski definition) is 1. The fourth-order valence-electron chi connectivity index (χ4n) is 2.06. The van der Waals surface area contributed by atoms with Gasteiger partial charge in [-0.15, -0.1) is 0 Å². The van der Waals surface area contributed by atoms with Crippen LogP contribution in [0.5, 0.6) is 11.5 Å². The number of carbonyl (C=O) groups excluding carboxylic acids is 2. The zero-order valence-corrected chi connectivity index (χ0v) is 15.9. The summed E-state index contributed by atoms with van der Waals surface area (Å²) in [5.41, 5.74) is 0.485. The smallest absolute Gasteiger partial charge is 0.347 e. The largest absolute Gasteiger partial charge is 0.492 e. The van der Waals surface area contributed by atoms with Crippen molar-refractivity contribution in [2.45, 2.75) is 13.0 Å². The van der Waals surface area contributed by atoms with Crippen molar-refractivity contribution in [1.29, 1.82) is 5.26 Å². The first-order valence-corrected chi connectivity index (χ1v) is 8.84. The molecule has 7 nitrogen and oxygen atoms in total. The zero-order valence-electron chi connectivity index (χ0n) is 15.2. The van der Waals surface area contributed by atoms with Crippen LogP contribution in [-0.2, 0) is 14.3 Å². The van der Waals surface area contributed by atoms with Gasteiger partial charge in [0.1, 0.15) is 18.1 Å². The van der Waals surface area contributed by atoms with E-state index in [1.807, 2.05) is 6.07 Å². The number of benzene rings is 2. The van der Waals surface area contributed by atoms with E-state index >= 15 is 0 Å². The monoisotopic (exact) mass is 402 g/mol. The van der Waals surface area contributed by atoms with Crippen molar-refractivity contribution in [3.63, 3.8) is 0 Å². The van der Waals surface area contributed by atoms with Gasteiger partial charge in [-0.1, -0.05) is 11.6 Å². The Morgan fingerprint density at radius 3 is 2.39 bits per heavy atom. The van der Waals surface area contributed by atoms with Crippen molar-refractivity contribution in [1.82, 2.24) is 5.32 Å². The normalized spacial score (nSPS) is 11.0. The molecule has 0 aliphatic carbocycles. The molecule has 0 fully saturated rings. The summed E-state index contributed by atoms with van der Waals surface area (Å²) in [6.45, 7) is 1.62. The summed E-state index contributed by atoms with van der Waals surface area (Å²) < 4.78 is 15.8. The maximum atomic E-state index is 11.9. The fraction of sp³-hybridized carbons (Fsp3) is 0.250. The molecule has 0 aliphatic heterocycles. The van der Waals surface area contributed by atoms with E-state index in [1.54, 1.807) is 48.5 Å². The number of esters is 1. The third kappa shape index (κ3) is 7.17. The summed E-state index contributed by atoms with van der Waals surface area (Å²) in [5.74, 6) is -0.0540. The number of nitrogens with zero attached hydrogens (tertiary/aromatic N) is 1. The van der Waals surface area contributed by atoms with Crippen LogP contribution in [0, 0.1) is 11.3 Å². The van der Waals surface area contributed by atoms with Crippen LogP contribution in [0.3, 0.4) is 0 Å². The highest BCUT2D eigenvalue weighted by Gasteiger charge is 2.17. The quantitative estimate of drug-likeness (QED) is 0.511. The van der Waals surface area contributed by atoms with Crippen molar-refractivity contribution in [3.8, 4) is 17.6 Å². The zero-order chi connectivity index (χ0) is 20.4. The summed E-state index contributed by atoms with van der Waals surface area (Å²) in [5, 5.41) is 11.9. The molecule has 0 spiro atoms. The molecule has 8 heteroatoms. The Morgan fingerprint density at radius 2 is 1.75 bits per heavy atom. The molecular formula is C20H19ClN2O5. The van der Waals surface area contributed by atoms with Crippen molar-refractivity contribution < 1.29 is 23.8 Å². The van der Waals surface area contributed by atoms with Gasteiger partial charge in [0.15, 0.2) is 12.7 Å².